The molecule has 0 bridgehead atoms. The van der Waals surface area contributed by atoms with Crippen LogP contribution in [-0.2, 0) is 6.54 Å². The van der Waals surface area contributed by atoms with E-state index in [1.54, 1.807) is 11.3 Å². The Morgan fingerprint density at radius 1 is 1.10 bits per heavy atom. The Morgan fingerprint density at radius 3 is 2.45 bits per heavy atom. The number of benzene rings is 1. The summed E-state index contributed by atoms with van der Waals surface area (Å²) in [4.78, 5) is 15.1. The fraction of sp³-hybridized carbons (Fsp3) is 0.524. The number of aliphatic imine (C=N–C) groups is 1. The van der Waals surface area contributed by atoms with Gasteiger partial charge in [-0.1, -0.05) is 18.2 Å². The van der Waals surface area contributed by atoms with Crippen LogP contribution in [0.4, 0.5) is 5.69 Å². The predicted molar refractivity (Wildman–Crippen MR) is 135 cm³/mol. The number of halogens is 1. The molecule has 1 aromatic carbocycles. The summed E-state index contributed by atoms with van der Waals surface area (Å²) < 4.78 is 0. The standard InChI is InChI=1S/C21H32N6S.HI/c1-17-20(28-18(2)25-17)16-24-21(22-3)23-10-7-11-26-12-14-27(15-13-26)19-8-5-4-6-9-19;/h4-6,8-9H,7,10-16H2,1-3H3,(H2,22,23,24);1H. The third-order valence-corrected chi connectivity index (χ3v) is 6.15. The Kier molecular flexibility index (Phi) is 10.2. The highest BCUT2D eigenvalue weighted by Gasteiger charge is 2.16. The Balaban J connectivity index is 0.00000300. The first-order valence-electron chi connectivity index (χ1n) is 10.1. The minimum absolute atomic E-state index is 0. The molecule has 6 nitrogen and oxygen atoms in total. The van der Waals surface area contributed by atoms with Crippen LogP contribution in [0.5, 0.6) is 0 Å². The quantitative estimate of drug-likeness (QED) is 0.250. The zero-order valence-electron chi connectivity index (χ0n) is 17.6. The van der Waals surface area contributed by atoms with Crippen molar-refractivity contribution in [1.29, 1.82) is 0 Å². The topological polar surface area (TPSA) is 55.8 Å². The molecule has 1 saturated heterocycles. The normalized spacial score (nSPS) is 15.1. The molecule has 0 unspecified atom stereocenters. The average Bonchev–Trinajstić information content (AvgIpc) is 3.05. The fourth-order valence-electron chi connectivity index (χ4n) is 3.50. The molecule has 1 aromatic heterocycles. The van der Waals surface area contributed by atoms with Crippen molar-refractivity contribution in [1.82, 2.24) is 20.5 Å². The number of aryl methyl sites for hydroxylation is 2. The zero-order valence-corrected chi connectivity index (χ0v) is 20.8. The monoisotopic (exact) mass is 528 g/mol. The van der Waals surface area contributed by atoms with Crippen LogP contribution in [0, 0.1) is 13.8 Å². The van der Waals surface area contributed by atoms with E-state index in [0.29, 0.717) is 0 Å². The van der Waals surface area contributed by atoms with Gasteiger partial charge in [0.05, 0.1) is 17.2 Å². The van der Waals surface area contributed by atoms with Gasteiger partial charge in [0.2, 0.25) is 0 Å². The zero-order chi connectivity index (χ0) is 19.8. The first-order chi connectivity index (χ1) is 13.7. The molecule has 0 radical (unpaired) electrons. The molecule has 0 amide bonds. The Bertz CT molecular complexity index is 756. The summed E-state index contributed by atoms with van der Waals surface area (Å²) in [5.41, 5.74) is 2.45. The van der Waals surface area contributed by atoms with Gasteiger partial charge in [-0.05, 0) is 38.9 Å². The third kappa shape index (κ3) is 7.42. The number of guanidine groups is 1. The lowest BCUT2D eigenvalue weighted by atomic mass is 10.2. The molecule has 0 spiro atoms. The molecule has 2 N–H and O–H groups in total. The summed E-state index contributed by atoms with van der Waals surface area (Å²) in [6, 6.07) is 10.7. The van der Waals surface area contributed by atoms with Crippen LogP contribution in [0.2, 0.25) is 0 Å². The fourth-order valence-corrected chi connectivity index (χ4v) is 4.38. The van der Waals surface area contributed by atoms with Gasteiger partial charge in [0.1, 0.15) is 0 Å². The molecule has 3 rings (SSSR count). The molecule has 0 aliphatic carbocycles. The Labute approximate surface area is 195 Å². The van der Waals surface area contributed by atoms with Gasteiger partial charge in [-0.2, -0.15) is 0 Å². The van der Waals surface area contributed by atoms with Crippen molar-refractivity contribution in [3.8, 4) is 0 Å². The summed E-state index contributed by atoms with van der Waals surface area (Å²) in [6.45, 7) is 11.4. The molecule has 160 valence electrons. The van der Waals surface area contributed by atoms with E-state index in [-0.39, 0.29) is 24.0 Å². The maximum absolute atomic E-state index is 4.48. The van der Waals surface area contributed by atoms with Gasteiger partial charge in [-0.3, -0.25) is 9.89 Å². The number of nitrogens with one attached hydrogen (secondary N) is 2. The van der Waals surface area contributed by atoms with Crippen LogP contribution in [0.1, 0.15) is 22.0 Å². The summed E-state index contributed by atoms with van der Waals surface area (Å²) >= 11 is 1.75. The molecular weight excluding hydrogens is 495 g/mol. The maximum Gasteiger partial charge on any atom is 0.191 e. The molecule has 1 aliphatic rings. The van der Waals surface area contributed by atoms with E-state index in [1.807, 2.05) is 14.0 Å². The molecule has 29 heavy (non-hydrogen) atoms. The minimum Gasteiger partial charge on any atom is -0.369 e. The van der Waals surface area contributed by atoms with Crippen LogP contribution in [0.3, 0.4) is 0 Å². The second-order valence-electron chi connectivity index (χ2n) is 7.11. The van der Waals surface area contributed by atoms with Crippen molar-refractivity contribution < 1.29 is 0 Å². The van der Waals surface area contributed by atoms with Gasteiger partial charge in [0.25, 0.3) is 0 Å². The minimum atomic E-state index is 0. The number of nitrogens with zero attached hydrogens (tertiary/aromatic N) is 4. The van der Waals surface area contributed by atoms with Crippen molar-refractivity contribution in [3.63, 3.8) is 0 Å². The Hall–Kier alpha value is -1.39. The van der Waals surface area contributed by atoms with Crippen LogP contribution >= 0.6 is 35.3 Å². The SMILES string of the molecule is CN=C(NCCCN1CCN(c2ccccc2)CC1)NCc1sc(C)nc1C.I. The molecule has 2 heterocycles. The molecule has 8 heteroatoms. The number of para-hydroxylation sites is 1. The third-order valence-electron chi connectivity index (χ3n) is 5.08. The summed E-state index contributed by atoms with van der Waals surface area (Å²) in [5.74, 6) is 0.861. The summed E-state index contributed by atoms with van der Waals surface area (Å²) in [5, 5.41) is 7.93. The van der Waals surface area contributed by atoms with Gasteiger partial charge >= 0.3 is 0 Å². The Morgan fingerprint density at radius 2 is 1.83 bits per heavy atom. The van der Waals surface area contributed by atoms with Crippen molar-refractivity contribution in [3.05, 3.63) is 45.9 Å². The smallest absolute Gasteiger partial charge is 0.191 e. The number of hydrogen-bond acceptors (Lipinski definition) is 5. The lowest BCUT2D eigenvalue weighted by Crippen LogP contribution is -2.47. The number of piperazine rings is 1. The van der Waals surface area contributed by atoms with Crippen molar-refractivity contribution in [2.75, 3.05) is 51.2 Å². The van der Waals surface area contributed by atoms with E-state index in [9.17, 15) is 0 Å². The molecule has 0 atom stereocenters. The highest BCUT2D eigenvalue weighted by molar-refractivity contribution is 14.0. The van der Waals surface area contributed by atoms with E-state index in [0.717, 1.165) is 68.9 Å². The molecule has 2 aromatic rings. The highest BCUT2D eigenvalue weighted by atomic mass is 127. The average molecular weight is 529 g/mol. The van der Waals surface area contributed by atoms with E-state index >= 15 is 0 Å². The van der Waals surface area contributed by atoms with E-state index in [4.69, 9.17) is 0 Å². The van der Waals surface area contributed by atoms with Crippen LogP contribution in [-0.4, -0.2) is 62.2 Å². The summed E-state index contributed by atoms with van der Waals surface area (Å²) in [7, 11) is 1.82. The second-order valence-corrected chi connectivity index (χ2v) is 8.40. The van der Waals surface area contributed by atoms with Crippen LogP contribution < -0.4 is 15.5 Å². The molecule has 1 fully saturated rings. The van der Waals surface area contributed by atoms with Gasteiger partial charge in [0, 0.05) is 50.3 Å². The van der Waals surface area contributed by atoms with Crippen molar-refractivity contribution in [2.24, 2.45) is 4.99 Å². The molecular formula is C21H33IN6S. The number of aromatic nitrogens is 1. The summed E-state index contributed by atoms with van der Waals surface area (Å²) in [6.07, 6.45) is 1.12. The van der Waals surface area contributed by atoms with Crippen molar-refractivity contribution in [2.45, 2.75) is 26.8 Å². The molecule has 1 aliphatic heterocycles. The highest BCUT2D eigenvalue weighted by Crippen LogP contribution is 2.17. The van der Waals surface area contributed by atoms with E-state index in [1.165, 1.54) is 10.6 Å². The van der Waals surface area contributed by atoms with Gasteiger partial charge in [0.15, 0.2) is 5.96 Å². The van der Waals surface area contributed by atoms with Crippen molar-refractivity contribution >= 4 is 47.0 Å². The number of hydrogen-bond donors (Lipinski definition) is 2. The first kappa shape index (κ1) is 23.9. The lowest BCUT2D eigenvalue weighted by molar-refractivity contribution is 0.255. The van der Waals surface area contributed by atoms with E-state index < -0.39 is 0 Å². The van der Waals surface area contributed by atoms with Crippen LogP contribution in [0.15, 0.2) is 35.3 Å². The number of thiazole rings is 1. The van der Waals surface area contributed by atoms with Gasteiger partial charge in [-0.15, -0.1) is 35.3 Å². The van der Waals surface area contributed by atoms with Gasteiger partial charge in [-0.25, -0.2) is 4.98 Å². The maximum atomic E-state index is 4.48. The predicted octanol–water partition coefficient (Wildman–Crippen LogP) is 3.26. The second kappa shape index (κ2) is 12.3. The van der Waals surface area contributed by atoms with E-state index in [2.05, 4.69) is 67.7 Å². The number of rotatable bonds is 7. The largest absolute Gasteiger partial charge is 0.369 e. The lowest BCUT2D eigenvalue weighted by Gasteiger charge is -2.36. The first-order valence-corrected chi connectivity index (χ1v) is 10.9. The number of anilines is 1. The molecule has 0 saturated carbocycles. The van der Waals surface area contributed by atoms with Crippen LogP contribution in [0.25, 0.3) is 0 Å². The van der Waals surface area contributed by atoms with Gasteiger partial charge < -0.3 is 15.5 Å².